The zero-order valence-electron chi connectivity index (χ0n) is 26.8. The minimum atomic E-state index is -0.275. The molecule has 1 aliphatic carbocycles. The molecule has 0 spiro atoms. The Morgan fingerprint density at radius 2 is 1.91 bits per heavy atom. The van der Waals surface area contributed by atoms with Gasteiger partial charge in [0.1, 0.15) is 11.9 Å². The molecule has 0 aromatic heterocycles. The summed E-state index contributed by atoms with van der Waals surface area (Å²) in [5.41, 5.74) is 2.33. The van der Waals surface area contributed by atoms with Crippen LogP contribution >= 0.6 is 0 Å². The highest BCUT2D eigenvalue weighted by molar-refractivity contribution is 5.76. The standard InChI is InChI=1S/C37H52N2O4/c1-6-21-38-22-20-37(31-17-13-18-33(23-31)42-5)25-32(24-35(34(37)27-38)43-29(4)40)39(26-28(2)3)36(41)19-12-8-11-16-30-14-9-7-10-15-30/h6-7,9-10,13-15,17-18,23,28,32,34-35H,1,8,11-12,16,19-22,24-27H2,2-5H3/t32-,34-,35?,37-/m0/s1. The minimum Gasteiger partial charge on any atom is -0.497 e. The maximum atomic E-state index is 14.0. The number of piperidine rings is 1. The van der Waals surface area contributed by atoms with Gasteiger partial charge in [0.2, 0.25) is 5.91 Å². The van der Waals surface area contributed by atoms with Gasteiger partial charge in [0, 0.05) is 56.8 Å². The van der Waals surface area contributed by atoms with Gasteiger partial charge in [-0.1, -0.05) is 68.8 Å². The minimum absolute atomic E-state index is 0.00280. The normalized spacial score (nSPS) is 23.8. The number of unbranched alkanes of at least 4 members (excludes halogenated alkanes) is 2. The van der Waals surface area contributed by atoms with Crippen LogP contribution in [0.4, 0.5) is 0 Å². The van der Waals surface area contributed by atoms with Gasteiger partial charge in [0.05, 0.1) is 7.11 Å². The average Bonchev–Trinajstić information content (AvgIpc) is 3.00. The molecule has 2 fully saturated rings. The highest BCUT2D eigenvalue weighted by Gasteiger charge is 2.54. The van der Waals surface area contributed by atoms with Crippen molar-refractivity contribution in [3.63, 3.8) is 0 Å². The summed E-state index contributed by atoms with van der Waals surface area (Å²) in [6.45, 7) is 13.1. The fourth-order valence-corrected chi connectivity index (χ4v) is 7.51. The van der Waals surface area contributed by atoms with Gasteiger partial charge in [-0.3, -0.25) is 14.5 Å². The van der Waals surface area contributed by atoms with Crippen molar-refractivity contribution in [1.29, 1.82) is 0 Å². The number of carbonyl (C=O) groups is 2. The monoisotopic (exact) mass is 588 g/mol. The van der Waals surface area contributed by atoms with Crippen LogP contribution in [0.1, 0.15) is 76.8 Å². The van der Waals surface area contributed by atoms with E-state index in [1.807, 2.05) is 18.2 Å². The first-order valence-corrected chi connectivity index (χ1v) is 16.2. The van der Waals surface area contributed by atoms with E-state index >= 15 is 0 Å². The molecule has 1 saturated carbocycles. The predicted octanol–water partition coefficient (Wildman–Crippen LogP) is 6.82. The largest absolute Gasteiger partial charge is 0.497 e. The number of carbonyl (C=O) groups excluding carboxylic acids is 2. The number of hydrogen-bond acceptors (Lipinski definition) is 5. The van der Waals surface area contributed by atoms with Gasteiger partial charge < -0.3 is 14.4 Å². The molecule has 1 heterocycles. The number of rotatable bonds is 14. The molecule has 1 unspecified atom stereocenters. The summed E-state index contributed by atoms with van der Waals surface area (Å²) < 4.78 is 11.8. The van der Waals surface area contributed by atoms with Crippen LogP contribution in [0.25, 0.3) is 0 Å². The molecule has 1 saturated heterocycles. The number of aryl methyl sites for hydroxylation is 1. The number of nitrogens with zero attached hydrogens (tertiary/aromatic N) is 2. The second-order valence-corrected chi connectivity index (χ2v) is 13.0. The number of hydrogen-bond donors (Lipinski definition) is 0. The van der Waals surface area contributed by atoms with Gasteiger partial charge in [-0.2, -0.15) is 0 Å². The quantitative estimate of drug-likeness (QED) is 0.138. The second kappa shape index (κ2) is 15.6. The van der Waals surface area contributed by atoms with Crippen molar-refractivity contribution in [1.82, 2.24) is 9.80 Å². The first kappa shape index (κ1) is 32.8. The Bertz CT molecular complexity index is 1200. The molecule has 4 atom stereocenters. The second-order valence-electron chi connectivity index (χ2n) is 13.0. The van der Waals surface area contributed by atoms with Crippen LogP contribution < -0.4 is 4.74 Å². The van der Waals surface area contributed by atoms with Crippen LogP contribution in [-0.2, 0) is 26.2 Å². The van der Waals surface area contributed by atoms with E-state index in [0.29, 0.717) is 25.3 Å². The Balaban J connectivity index is 1.59. The number of benzene rings is 2. The Hall–Kier alpha value is -3.12. The lowest BCUT2D eigenvalue weighted by atomic mass is 9.56. The first-order valence-electron chi connectivity index (χ1n) is 16.2. The molecule has 2 aromatic carbocycles. The fourth-order valence-electron chi connectivity index (χ4n) is 7.51. The average molecular weight is 589 g/mol. The van der Waals surface area contributed by atoms with E-state index < -0.39 is 0 Å². The zero-order valence-corrected chi connectivity index (χ0v) is 26.8. The number of ether oxygens (including phenoxy) is 2. The summed E-state index contributed by atoms with van der Waals surface area (Å²) >= 11 is 0. The van der Waals surface area contributed by atoms with Crippen molar-refractivity contribution in [2.45, 2.75) is 89.7 Å². The molecular weight excluding hydrogens is 536 g/mol. The van der Waals surface area contributed by atoms with Gasteiger partial charge >= 0.3 is 5.97 Å². The molecule has 1 aliphatic heterocycles. The third kappa shape index (κ3) is 8.50. The van der Waals surface area contributed by atoms with Crippen LogP contribution in [0.3, 0.4) is 0 Å². The molecule has 6 heteroatoms. The molecular formula is C37H52N2O4. The van der Waals surface area contributed by atoms with Crippen molar-refractivity contribution in [2.75, 3.05) is 33.3 Å². The van der Waals surface area contributed by atoms with E-state index in [9.17, 15) is 9.59 Å². The van der Waals surface area contributed by atoms with E-state index in [2.05, 4.69) is 72.7 Å². The molecule has 0 radical (unpaired) electrons. The maximum absolute atomic E-state index is 14.0. The summed E-state index contributed by atoms with van der Waals surface area (Å²) in [4.78, 5) is 31.0. The molecule has 0 bridgehead atoms. The number of amides is 1. The van der Waals surface area contributed by atoms with Crippen molar-refractivity contribution in [3.05, 3.63) is 78.4 Å². The SMILES string of the molecule is C=CCN1CC[C@@]2(c3cccc(OC)c3)C[C@@H](N(CC(C)C)C(=O)CCCCCc3ccccc3)CC(OC(C)=O)[C@@H]2C1. The van der Waals surface area contributed by atoms with Crippen molar-refractivity contribution < 1.29 is 19.1 Å². The van der Waals surface area contributed by atoms with E-state index in [1.165, 1.54) is 18.1 Å². The molecule has 0 N–H and O–H groups in total. The van der Waals surface area contributed by atoms with E-state index in [0.717, 1.165) is 63.9 Å². The lowest BCUT2D eigenvalue weighted by molar-refractivity contribution is -0.161. The number of methoxy groups -OCH3 is 1. The Labute approximate surface area is 259 Å². The van der Waals surface area contributed by atoms with Crippen LogP contribution in [-0.4, -0.2) is 67.1 Å². The van der Waals surface area contributed by atoms with Crippen molar-refractivity contribution in [3.8, 4) is 5.75 Å². The summed E-state index contributed by atoms with van der Waals surface area (Å²) in [5.74, 6) is 1.25. The predicted molar refractivity (Wildman–Crippen MR) is 173 cm³/mol. The molecule has 43 heavy (non-hydrogen) atoms. The zero-order chi connectivity index (χ0) is 30.8. The Morgan fingerprint density at radius 1 is 1.12 bits per heavy atom. The Kier molecular flexibility index (Phi) is 11.9. The van der Waals surface area contributed by atoms with E-state index in [-0.39, 0.29) is 35.4 Å². The molecule has 2 aromatic rings. The highest BCUT2D eigenvalue weighted by Crippen LogP contribution is 2.51. The fraction of sp³-hybridized carbons (Fsp3) is 0.568. The van der Waals surface area contributed by atoms with E-state index in [4.69, 9.17) is 9.47 Å². The summed E-state index contributed by atoms with van der Waals surface area (Å²) in [6.07, 6.45) is 8.74. The maximum Gasteiger partial charge on any atom is 0.302 e. The van der Waals surface area contributed by atoms with Crippen molar-refractivity contribution in [2.24, 2.45) is 11.8 Å². The van der Waals surface area contributed by atoms with Crippen LogP contribution in [0.5, 0.6) is 5.75 Å². The molecule has 6 nitrogen and oxygen atoms in total. The van der Waals surface area contributed by atoms with Crippen LogP contribution in [0.15, 0.2) is 67.3 Å². The number of esters is 1. The van der Waals surface area contributed by atoms with Crippen LogP contribution in [0.2, 0.25) is 0 Å². The lowest BCUT2D eigenvalue weighted by Crippen LogP contribution is -2.62. The van der Waals surface area contributed by atoms with Gasteiger partial charge in [0.25, 0.3) is 0 Å². The van der Waals surface area contributed by atoms with Gasteiger partial charge in [-0.15, -0.1) is 6.58 Å². The van der Waals surface area contributed by atoms with Crippen LogP contribution in [0, 0.1) is 11.8 Å². The molecule has 4 rings (SSSR count). The van der Waals surface area contributed by atoms with Crippen molar-refractivity contribution >= 4 is 11.9 Å². The number of likely N-dealkylation sites (tertiary alicyclic amines) is 1. The molecule has 1 amide bonds. The summed E-state index contributed by atoms with van der Waals surface area (Å²) in [6, 6.07) is 19.0. The van der Waals surface area contributed by atoms with Gasteiger partial charge in [-0.25, -0.2) is 0 Å². The molecule has 234 valence electrons. The summed E-state index contributed by atoms with van der Waals surface area (Å²) in [5, 5.41) is 0. The van der Waals surface area contributed by atoms with Gasteiger partial charge in [0.15, 0.2) is 0 Å². The van der Waals surface area contributed by atoms with Gasteiger partial charge in [-0.05, 0) is 67.8 Å². The topological polar surface area (TPSA) is 59.1 Å². The lowest BCUT2D eigenvalue weighted by Gasteiger charge is -2.56. The highest BCUT2D eigenvalue weighted by atomic mass is 16.5. The Morgan fingerprint density at radius 3 is 2.60 bits per heavy atom. The number of fused-ring (bicyclic) bond motifs is 1. The van der Waals surface area contributed by atoms with E-state index in [1.54, 1.807) is 7.11 Å². The molecule has 2 aliphatic rings. The smallest absolute Gasteiger partial charge is 0.302 e. The third-order valence-electron chi connectivity index (χ3n) is 9.46. The first-order chi connectivity index (χ1) is 20.8. The summed E-state index contributed by atoms with van der Waals surface area (Å²) in [7, 11) is 1.70. The third-order valence-corrected chi connectivity index (χ3v) is 9.46.